The number of fused-ring (bicyclic) bond motifs is 1. The van der Waals surface area contributed by atoms with E-state index < -0.39 is 0 Å². The van der Waals surface area contributed by atoms with Gasteiger partial charge in [-0.25, -0.2) is 9.50 Å². The highest BCUT2D eigenvalue weighted by atomic mass is 35.5. The van der Waals surface area contributed by atoms with Crippen LogP contribution in [0.5, 0.6) is 0 Å². The van der Waals surface area contributed by atoms with Gasteiger partial charge >= 0.3 is 0 Å². The molecule has 92 valence electrons. The minimum absolute atomic E-state index is 0.574. The summed E-state index contributed by atoms with van der Waals surface area (Å²) < 4.78 is 1.65. The van der Waals surface area contributed by atoms with Crippen LogP contribution in [0.25, 0.3) is 5.65 Å². The summed E-state index contributed by atoms with van der Waals surface area (Å²) in [7, 11) is 0. The zero-order chi connectivity index (χ0) is 12.5. The van der Waals surface area contributed by atoms with Crippen LogP contribution < -0.4 is 5.32 Å². The van der Waals surface area contributed by atoms with Crippen molar-refractivity contribution in [1.29, 1.82) is 0 Å². The molecule has 3 aromatic heterocycles. The summed E-state index contributed by atoms with van der Waals surface area (Å²) in [4.78, 5) is 8.70. The molecule has 5 nitrogen and oxygen atoms in total. The molecule has 0 atom stereocenters. The summed E-state index contributed by atoms with van der Waals surface area (Å²) in [5.41, 5.74) is 1.80. The molecule has 3 aromatic rings. The topological polar surface area (TPSA) is 55.1 Å². The number of hydrogen-bond acceptors (Lipinski definition) is 5. The number of rotatable bonds is 3. The fraction of sp³-hybridized carbons (Fsp3) is 0.182. The van der Waals surface area contributed by atoms with Gasteiger partial charge in [-0.3, -0.25) is 0 Å². The van der Waals surface area contributed by atoms with Crippen LogP contribution in [0, 0.1) is 6.92 Å². The molecule has 3 rings (SSSR count). The molecule has 0 spiro atoms. The Morgan fingerprint density at radius 1 is 1.39 bits per heavy atom. The van der Waals surface area contributed by atoms with Crippen LogP contribution in [0.4, 0.5) is 5.95 Å². The van der Waals surface area contributed by atoms with Crippen LogP contribution in [0.1, 0.15) is 10.7 Å². The van der Waals surface area contributed by atoms with Crippen molar-refractivity contribution in [3.63, 3.8) is 0 Å². The van der Waals surface area contributed by atoms with Gasteiger partial charge in [-0.1, -0.05) is 11.6 Å². The summed E-state index contributed by atoms with van der Waals surface area (Å²) in [5, 5.41) is 11.1. The predicted octanol–water partition coefficient (Wildman–Crippen LogP) is 2.76. The van der Waals surface area contributed by atoms with E-state index in [1.807, 2.05) is 18.4 Å². The second-order valence-electron chi connectivity index (χ2n) is 3.82. The minimum atomic E-state index is 0.574. The third kappa shape index (κ3) is 2.30. The first-order valence-electron chi connectivity index (χ1n) is 5.37. The fourth-order valence-corrected chi connectivity index (χ4v) is 2.44. The lowest BCUT2D eigenvalue weighted by molar-refractivity contribution is 0.947. The standard InChI is InChI=1S/C11H10ClN5S/c1-7-6-18-10(14-7)4-13-11-15-9-3-2-8(12)5-17(9)16-11/h2-3,5-6H,4H2,1H3,(H,13,16). The number of halogens is 1. The fourth-order valence-electron chi connectivity index (χ4n) is 1.57. The normalized spacial score (nSPS) is 11.0. The lowest BCUT2D eigenvalue weighted by Gasteiger charge is -1.96. The number of aryl methyl sites for hydroxylation is 1. The first-order chi connectivity index (χ1) is 8.70. The highest BCUT2D eigenvalue weighted by Crippen LogP contribution is 2.13. The van der Waals surface area contributed by atoms with Gasteiger partial charge in [-0.05, 0) is 19.1 Å². The lowest BCUT2D eigenvalue weighted by Crippen LogP contribution is -2.00. The van der Waals surface area contributed by atoms with Crippen LogP contribution in [-0.2, 0) is 6.54 Å². The van der Waals surface area contributed by atoms with Crippen molar-refractivity contribution < 1.29 is 0 Å². The number of hydrogen-bond donors (Lipinski definition) is 1. The van der Waals surface area contributed by atoms with E-state index in [1.54, 1.807) is 28.1 Å². The third-order valence-corrected chi connectivity index (χ3v) is 3.55. The van der Waals surface area contributed by atoms with Crippen LogP contribution >= 0.6 is 22.9 Å². The van der Waals surface area contributed by atoms with Crippen molar-refractivity contribution in [3.8, 4) is 0 Å². The van der Waals surface area contributed by atoms with E-state index in [0.29, 0.717) is 17.5 Å². The number of anilines is 1. The van der Waals surface area contributed by atoms with Gasteiger partial charge in [0.05, 0.1) is 11.6 Å². The Morgan fingerprint density at radius 2 is 2.28 bits per heavy atom. The molecule has 0 fully saturated rings. The summed E-state index contributed by atoms with van der Waals surface area (Å²) >= 11 is 7.51. The largest absolute Gasteiger partial charge is 0.346 e. The number of nitrogens with zero attached hydrogens (tertiary/aromatic N) is 4. The SMILES string of the molecule is Cc1csc(CNc2nc3ccc(Cl)cn3n2)n1. The number of aromatic nitrogens is 4. The molecule has 0 aliphatic rings. The van der Waals surface area contributed by atoms with Gasteiger partial charge in [0.15, 0.2) is 5.65 Å². The van der Waals surface area contributed by atoms with Gasteiger partial charge in [0.2, 0.25) is 5.95 Å². The van der Waals surface area contributed by atoms with Crippen molar-refractivity contribution in [3.05, 3.63) is 39.4 Å². The van der Waals surface area contributed by atoms with Crippen molar-refractivity contribution in [1.82, 2.24) is 19.6 Å². The molecule has 7 heteroatoms. The quantitative estimate of drug-likeness (QED) is 0.801. The second-order valence-corrected chi connectivity index (χ2v) is 5.20. The summed E-state index contributed by atoms with van der Waals surface area (Å²) in [5.74, 6) is 0.574. The van der Waals surface area contributed by atoms with Crippen molar-refractivity contribution in [2.45, 2.75) is 13.5 Å². The molecule has 0 unspecified atom stereocenters. The molecule has 1 N–H and O–H groups in total. The maximum atomic E-state index is 5.89. The molecule has 0 saturated carbocycles. The summed E-state index contributed by atoms with van der Waals surface area (Å²) in [6.45, 7) is 2.61. The molecule has 18 heavy (non-hydrogen) atoms. The van der Waals surface area contributed by atoms with Gasteiger partial charge in [-0.2, -0.15) is 4.98 Å². The first kappa shape index (κ1) is 11.4. The number of thiazole rings is 1. The van der Waals surface area contributed by atoms with Gasteiger partial charge in [0.1, 0.15) is 5.01 Å². The minimum Gasteiger partial charge on any atom is -0.346 e. The number of nitrogens with one attached hydrogen (secondary N) is 1. The smallest absolute Gasteiger partial charge is 0.243 e. The molecule has 3 heterocycles. The third-order valence-electron chi connectivity index (χ3n) is 2.36. The van der Waals surface area contributed by atoms with Gasteiger partial charge in [-0.15, -0.1) is 16.4 Å². The molecule has 0 aliphatic heterocycles. The zero-order valence-corrected chi connectivity index (χ0v) is 11.2. The maximum absolute atomic E-state index is 5.89. The van der Waals surface area contributed by atoms with Crippen LogP contribution in [0.15, 0.2) is 23.7 Å². The van der Waals surface area contributed by atoms with Crippen LogP contribution in [-0.4, -0.2) is 19.6 Å². The summed E-state index contributed by atoms with van der Waals surface area (Å²) in [6.07, 6.45) is 1.72. The zero-order valence-electron chi connectivity index (χ0n) is 9.59. The molecule has 0 saturated heterocycles. The van der Waals surface area contributed by atoms with E-state index >= 15 is 0 Å². The Labute approximate surface area is 112 Å². The molecule has 0 bridgehead atoms. The predicted molar refractivity (Wildman–Crippen MR) is 72.2 cm³/mol. The Hall–Kier alpha value is -1.66. The summed E-state index contributed by atoms with van der Waals surface area (Å²) in [6, 6.07) is 3.62. The maximum Gasteiger partial charge on any atom is 0.243 e. The highest BCUT2D eigenvalue weighted by molar-refractivity contribution is 7.09. The Morgan fingerprint density at radius 3 is 3.06 bits per heavy atom. The molecular formula is C11H10ClN5S. The monoisotopic (exact) mass is 279 g/mol. The van der Waals surface area contributed by atoms with Gasteiger partial charge in [0.25, 0.3) is 0 Å². The number of pyridine rings is 1. The van der Waals surface area contributed by atoms with Crippen molar-refractivity contribution in [2.24, 2.45) is 0 Å². The van der Waals surface area contributed by atoms with Gasteiger partial charge < -0.3 is 5.32 Å². The molecule has 0 amide bonds. The Bertz CT molecular complexity index is 690. The van der Waals surface area contributed by atoms with E-state index in [2.05, 4.69) is 20.4 Å². The molecule has 0 aromatic carbocycles. The van der Waals surface area contributed by atoms with E-state index in [0.717, 1.165) is 16.3 Å². The molecular weight excluding hydrogens is 270 g/mol. The first-order valence-corrected chi connectivity index (χ1v) is 6.63. The van der Waals surface area contributed by atoms with E-state index in [9.17, 15) is 0 Å². The Kier molecular flexibility index (Phi) is 2.89. The molecule has 0 aliphatic carbocycles. The van der Waals surface area contributed by atoms with E-state index in [4.69, 9.17) is 11.6 Å². The Balaban J connectivity index is 1.78. The average Bonchev–Trinajstić information content (AvgIpc) is 2.92. The van der Waals surface area contributed by atoms with E-state index in [-0.39, 0.29) is 0 Å². The lowest BCUT2D eigenvalue weighted by atomic mass is 10.5. The van der Waals surface area contributed by atoms with Crippen LogP contribution in [0.2, 0.25) is 5.02 Å². The average molecular weight is 280 g/mol. The van der Waals surface area contributed by atoms with Crippen molar-refractivity contribution >= 4 is 34.5 Å². The van der Waals surface area contributed by atoms with Crippen LogP contribution in [0.3, 0.4) is 0 Å². The molecule has 0 radical (unpaired) electrons. The highest BCUT2D eigenvalue weighted by Gasteiger charge is 2.04. The second kappa shape index (κ2) is 4.55. The van der Waals surface area contributed by atoms with Gasteiger partial charge in [0, 0.05) is 17.3 Å². The van der Waals surface area contributed by atoms with E-state index in [1.165, 1.54) is 0 Å². The van der Waals surface area contributed by atoms with Crippen molar-refractivity contribution in [2.75, 3.05) is 5.32 Å².